The van der Waals surface area contributed by atoms with Crippen LogP contribution >= 0.6 is 11.8 Å². The molecule has 2 aromatic rings. The number of aliphatic imine (C=N–C) groups is 1. The Hall–Kier alpha value is -2.54. The fourth-order valence-electron chi connectivity index (χ4n) is 2.50. The molecule has 7 heteroatoms. The van der Waals surface area contributed by atoms with E-state index in [4.69, 9.17) is 0 Å². The second-order valence-corrected chi connectivity index (χ2v) is 7.04. The van der Waals surface area contributed by atoms with Gasteiger partial charge in [0.05, 0.1) is 11.3 Å². The molecular formula is C20H18F3NO2S. The van der Waals surface area contributed by atoms with Gasteiger partial charge in [-0.05, 0) is 48.5 Å². The zero-order chi connectivity index (χ0) is 20.2. The number of aliphatic carboxylic acids is 1. The van der Waals surface area contributed by atoms with Crippen molar-refractivity contribution in [3.63, 3.8) is 0 Å². The van der Waals surface area contributed by atoms with E-state index in [0.717, 1.165) is 23.9 Å². The SMILES string of the molecule is C=Nc1ccc(-c2cccc(C(F)(F)F)c2)cc1C(=C)SC(CC)C(=O)O. The van der Waals surface area contributed by atoms with Gasteiger partial charge in [0.2, 0.25) is 0 Å². The zero-order valence-electron chi connectivity index (χ0n) is 14.6. The van der Waals surface area contributed by atoms with Gasteiger partial charge in [-0.3, -0.25) is 9.79 Å². The molecule has 1 atom stereocenters. The van der Waals surface area contributed by atoms with Crippen LogP contribution in [0.25, 0.3) is 16.0 Å². The Labute approximate surface area is 159 Å². The molecular weight excluding hydrogens is 375 g/mol. The Morgan fingerprint density at radius 3 is 2.44 bits per heavy atom. The summed E-state index contributed by atoms with van der Waals surface area (Å²) in [7, 11) is 0. The summed E-state index contributed by atoms with van der Waals surface area (Å²) in [5.74, 6) is -0.953. The molecule has 0 radical (unpaired) electrons. The van der Waals surface area contributed by atoms with Crippen LogP contribution in [0.4, 0.5) is 18.9 Å². The summed E-state index contributed by atoms with van der Waals surface area (Å²) in [6.45, 7) is 9.17. The molecule has 0 bridgehead atoms. The van der Waals surface area contributed by atoms with E-state index in [1.54, 1.807) is 31.2 Å². The molecule has 1 unspecified atom stereocenters. The van der Waals surface area contributed by atoms with Gasteiger partial charge in [-0.25, -0.2) is 0 Å². The summed E-state index contributed by atoms with van der Waals surface area (Å²) in [6.07, 6.45) is -4.03. The highest BCUT2D eigenvalue weighted by Gasteiger charge is 2.30. The van der Waals surface area contributed by atoms with Gasteiger partial charge in [0, 0.05) is 10.5 Å². The molecule has 0 aromatic heterocycles. The molecule has 0 saturated carbocycles. The van der Waals surface area contributed by atoms with E-state index >= 15 is 0 Å². The van der Waals surface area contributed by atoms with Crippen molar-refractivity contribution in [2.75, 3.05) is 0 Å². The van der Waals surface area contributed by atoms with Gasteiger partial charge in [0.15, 0.2) is 0 Å². The molecule has 0 amide bonds. The molecule has 0 aliphatic rings. The van der Waals surface area contributed by atoms with E-state index in [0.29, 0.717) is 33.7 Å². The van der Waals surface area contributed by atoms with Crippen LogP contribution in [0.1, 0.15) is 24.5 Å². The lowest BCUT2D eigenvalue weighted by Gasteiger charge is -2.15. The number of alkyl halides is 3. The normalized spacial score (nSPS) is 12.4. The van der Waals surface area contributed by atoms with Crippen LogP contribution in [0.2, 0.25) is 0 Å². The first-order valence-corrected chi connectivity index (χ1v) is 8.92. The minimum atomic E-state index is -4.43. The van der Waals surface area contributed by atoms with E-state index in [2.05, 4.69) is 18.3 Å². The van der Waals surface area contributed by atoms with Gasteiger partial charge in [0.25, 0.3) is 0 Å². The van der Waals surface area contributed by atoms with Crippen LogP contribution < -0.4 is 0 Å². The lowest BCUT2D eigenvalue weighted by atomic mass is 10.00. The van der Waals surface area contributed by atoms with Crippen molar-refractivity contribution in [3.8, 4) is 11.1 Å². The molecule has 3 nitrogen and oxygen atoms in total. The highest BCUT2D eigenvalue weighted by atomic mass is 32.2. The maximum absolute atomic E-state index is 13.0. The molecule has 0 saturated heterocycles. The molecule has 2 aromatic carbocycles. The predicted molar refractivity (Wildman–Crippen MR) is 104 cm³/mol. The fraction of sp³-hybridized carbons (Fsp3) is 0.200. The van der Waals surface area contributed by atoms with E-state index < -0.39 is 23.0 Å². The van der Waals surface area contributed by atoms with Crippen molar-refractivity contribution in [3.05, 3.63) is 60.2 Å². The Kier molecular flexibility index (Phi) is 6.49. The van der Waals surface area contributed by atoms with Crippen LogP contribution in [-0.4, -0.2) is 23.0 Å². The number of rotatable bonds is 7. The van der Waals surface area contributed by atoms with Crippen molar-refractivity contribution in [2.24, 2.45) is 4.99 Å². The summed E-state index contributed by atoms with van der Waals surface area (Å²) in [5, 5.41) is 8.56. The third kappa shape index (κ3) is 5.01. The van der Waals surface area contributed by atoms with E-state index in [9.17, 15) is 23.1 Å². The molecule has 0 spiro atoms. The molecule has 0 aliphatic carbocycles. The number of halogens is 3. The summed E-state index contributed by atoms with van der Waals surface area (Å²) in [6, 6.07) is 9.94. The minimum Gasteiger partial charge on any atom is -0.480 e. The lowest BCUT2D eigenvalue weighted by molar-refractivity contribution is -0.138. The highest BCUT2D eigenvalue weighted by molar-refractivity contribution is 8.09. The number of hydrogen-bond donors (Lipinski definition) is 1. The zero-order valence-corrected chi connectivity index (χ0v) is 15.4. The highest BCUT2D eigenvalue weighted by Crippen LogP contribution is 2.39. The third-order valence-corrected chi connectivity index (χ3v) is 5.25. The third-order valence-electron chi connectivity index (χ3n) is 3.92. The Balaban J connectivity index is 2.45. The molecule has 2 rings (SSSR count). The Morgan fingerprint density at radius 2 is 1.89 bits per heavy atom. The standard InChI is InChI=1S/C20H18F3NO2S/c1-4-18(19(25)26)27-12(2)16-11-14(8-9-17(16)24-3)13-6-5-7-15(10-13)20(21,22)23/h5-11,18H,2-4H2,1H3,(H,25,26). The first kappa shape index (κ1) is 20.8. The topological polar surface area (TPSA) is 49.7 Å². The quantitative estimate of drug-likeness (QED) is 0.564. The second-order valence-electron chi connectivity index (χ2n) is 5.74. The van der Waals surface area contributed by atoms with Gasteiger partial charge < -0.3 is 5.11 Å². The molecule has 0 fully saturated rings. The van der Waals surface area contributed by atoms with Crippen molar-refractivity contribution < 1.29 is 23.1 Å². The fourth-order valence-corrected chi connectivity index (χ4v) is 3.40. The number of carboxylic acids is 1. The Bertz CT molecular complexity index is 878. The van der Waals surface area contributed by atoms with Gasteiger partial charge in [0.1, 0.15) is 5.25 Å². The maximum Gasteiger partial charge on any atom is 0.416 e. The smallest absolute Gasteiger partial charge is 0.416 e. The Morgan fingerprint density at radius 1 is 1.22 bits per heavy atom. The number of carboxylic acid groups (broad SMARTS) is 1. The second kappa shape index (κ2) is 8.43. The van der Waals surface area contributed by atoms with Gasteiger partial charge >= 0.3 is 12.1 Å². The van der Waals surface area contributed by atoms with Crippen molar-refractivity contribution in [1.29, 1.82) is 0 Å². The summed E-state index contributed by atoms with van der Waals surface area (Å²) in [5.41, 5.74) is 1.24. The summed E-state index contributed by atoms with van der Waals surface area (Å²) >= 11 is 1.08. The lowest BCUT2D eigenvalue weighted by Crippen LogP contribution is -2.14. The monoisotopic (exact) mass is 393 g/mol. The first-order valence-electron chi connectivity index (χ1n) is 8.04. The van der Waals surface area contributed by atoms with Crippen molar-refractivity contribution in [2.45, 2.75) is 24.8 Å². The van der Waals surface area contributed by atoms with Crippen molar-refractivity contribution in [1.82, 2.24) is 0 Å². The van der Waals surface area contributed by atoms with E-state index in [1.807, 2.05) is 0 Å². The van der Waals surface area contributed by atoms with Crippen LogP contribution in [0.15, 0.2) is 54.0 Å². The minimum absolute atomic E-state index is 0.393. The number of carbonyl (C=O) groups is 1. The number of benzene rings is 2. The van der Waals surface area contributed by atoms with Crippen LogP contribution in [0, 0.1) is 0 Å². The molecule has 27 heavy (non-hydrogen) atoms. The number of hydrogen-bond acceptors (Lipinski definition) is 3. The van der Waals surface area contributed by atoms with E-state index in [-0.39, 0.29) is 0 Å². The van der Waals surface area contributed by atoms with Crippen LogP contribution in [-0.2, 0) is 11.0 Å². The van der Waals surface area contributed by atoms with Gasteiger partial charge in [-0.1, -0.05) is 31.7 Å². The maximum atomic E-state index is 13.0. The van der Waals surface area contributed by atoms with Gasteiger partial charge in [-0.2, -0.15) is 13.2 Å². The predicted octanol–water partition coefficient (Wildman–Crippen LogP) is 6.27. The first-order chi connectivity index (χ1) is 12.7. The molecule has 1 N–H and O–H groups in total. The summed E-state index contributed by atoms with van der Waals surface area (Å²) < 4.78 is 38.9. The average molecular weight is 393 g/mol. The number of nitrogens with zero attached hydrogens (tertiary/aromatic N) is 1. The van der Waals surface area contributed by atoms with Crippen LogP contribution in [0.5, 0.6) is 0 Å². The molecule has 0 aliphatic heterocycles. The number of thioether (sulfide) groups is 1. The van der Waals surface area contributed by atoms with Gasteiger partial charge in [-0.15, -0.1) is 11.8 Å². The average Bonchev–Trinajstić information content (AvgIpc) is 2.64. The van der Waals surface area contributed by atoms with Crippen molar-refractivity contribution >= 4 is 35.0 Å². The molecule has 142 valence electrons. The van der Waals surface area contributed by atoms with E-state index in [1.165, 1.54) is 6.07 Å². The summed E-state index contributed by atoms with van der Waals surface area (Å²) in [4.78, 5) is 15.6. The molecule has 0 heterocycles. The largest absolute Gasteiger partial charge is 0.480 e. The van der Waals surface area contributed by atoms with Crippen LogP contribution in [0.3, 0.4) is 0 Å².